The van der Waals surface area contributed by atoms with Crippen molar-refractivity contribution in [2.45, 2.75) is 32.9 Å². The Morgan fingerprint density at radius 2 is 2.16 bits per heavy atom. The molecule has 1 aromatic carbocycles. The Balaban J connectivity index is 2.69. The summed E-state index contributed by atoms with van der Waals surface area (Å²) in [5, 5.41) is 12.0. The van der Waals surface area contributed by atoms with E-state index < -0.39 is 5.97 Å². The quantitative estimate of drug-likeness (QED) is 0.754. The summed E-state index contributed by atoms with van der Waals surface area (Å²) in [7, 11) is 1.54. The SMILES string of the molecule is CCC(C)NCc1ccc(OCC(=O)O)c(OC)c1. The molecule has 1 rings (SSSR count). The molecule has 5 heteroatoms. The summed E-state index contributed by atoms with van der Waals surface area (Å²) in [6.45, 7) is 4.62. The number of aliphatic carboxylic acids is 1. The van der Waals surface area contributed by atoms with Crippen LogP contribution in [-0.2, 0) is 11.3 Å². The van der Waals surface area contributed by atoms with Crippen LogP contribution in [0.15, 0.2) is 18.2 Å². The lowest BCUT2D eigenvalue weighted by atomic mass is 10.1. The summed E-state index contributed by atoms with van der Waals surface area (Å²) in [6.07, 6.45) is 1.07. The summed E-state index contributed by atoms with van der Waals surface area (Å²) in [4.78, 5) is 10.5. The zero-order valence-corrected chi connectivity index (χ0v) is 11.6. The molecular formula is C14H21NO4. The van der Waals surface area contributed by atoms with Crippen molar-refractivity contribution < 1.29 is 19.4 Å². The molecule has 106 valence electrons. The minimum Gasteiger partial charge on any atom is -0.493 e. The molecule has 0 spiro atoms. The number of carbonyl (C=O) groups is 1. The zero-order chi connectivity index (χ0) is 14.3. The first-order chi connectivity index (χ1) is 9.06. The van der Waals surface area contributed by atoms with E-state index >= 15 is 0 Å². The molecule has 0 amide bonds. The minimum absolute atomic E-state index is 0.374. The summed E-state index contributed by atoms with van der Waals surface area (Å²) in [5.74, 6) is -0.0218. The molecule has 0 aliphatic rings. The fraction of sp³-hybridized carbons (Fsp3) is 0.500. The topological polar surface area (TPSA) is 67.8 Å². The summed E-state index contributed by atoms with van der Waals surface area (Å²) in [5.41, 5.74) is 1.07. The molecule has 0 radical (unpaired) electrons. The van der Waals surface area contributed by atoms with Crippen LogP contribution in [0.25, 0.3) is 0 Å². The summed E-state index contributed by atoms with van der Waals surface area (Å²) in [6, 6.07) is 5.94. The van der Waals surface area contributed by atoms with Gasteiger partial charge in [0.1, 0.15) is 0 Å². The van der Waals surface area contributed by atoms with Crippen LogP contribution >= 0.6 is 0 Å². The van der Waals surface area contributed by atoms with Crippen LogP contribution in [-0.4, -0.2) is 30.8 Å². The molecule has 0 aromatic heterocycles. The van der Waals surface area contributed by atoms with Crippen molar-refractivity contribution in [3.63, 3.8) is 0 Å². The average molecular weight is 267 g/mol. The van der Waals surface area contributed by atoms with E-state index in [1.165, 1.54) is 7.11 Å². The van der Waals surface area contributed by atoms with Gasteiger partial charge in [0, 0.05) is 12.6 Å². The molecule has 1 atom stereocenters. The fourth-order valence-electron chi connectivity index (χ4n) is 1.52. The first kappa shape index (κ1) is 15.3. The van der Waals surface area contributed by atoms with E-state index in [-0.39, 0.29) is 6.61 Å². The molecule has 5 nitrogen and oxygen atoms in total. The number of nitrogens with one attached hydrogen (secondary N) is 1. The maximum Gasteiger partial charge on any atom is 0.341 e. The highest BCUT2D eigenvalue weighted by atomic mass is 16.5. The van der Waals surface area contributed by atoms with Crippen LogP contribution in [0.5, 0.6) is 11.5 Å². The van der Waals surface area contributed by atoms with E-state index in [9.17, 15) is 4.79 Å². The molecule has 0 aliphatic heterocycles. The van der Waals surface area contributed by atoms with Crippen LogP contribution in [0.2, 0.25) is 0 Å². The number of hydrogen-bond donors (Lipinski definition) is 2. The molecule has 1 aromatic rings. The number of carboxylic acid groups (broad SMARTS) is 1. The maximum absolute atomic E-state index is 10.5. The third-order valence-electron chi connectivity index (χ3n) is 2.85. The second-order valence-electron chi connectivity index (χ2n) is 4.36. The van der Waals surface area contributed by atoms with Crippen molar-refractivity contribution in [3.05, 3.63) is 23.8 Å². The second-order valence-corrected chi connectivity index (χ2v) is 4.36. The number of hydrogen-bond acceptors (Lipinski definition) is 4. The Hall–Kier alpha value is -1.75. The first-order valence-corrected chi connectivity index (χ1v) is 6.31. The third kappa shape index (κ3) is 5.18. The van der Waals surface area contributed by atoms with Gasteiger partial charge in [0.25, 0.3) is 0 Å². The van der Waals surface area contributed by atoms with Gasteiger partial charge in [0.15, 0.2) is 18.1 Å². The van der Waals surface area contributed by atoms with Crippen LogP contribution in [0.1, 0.15) is 25.8 Å². The molecule has 0 saturated carbocycles. The zero-order valence-electron chi connectivity index (χ0n) is 11.6. The predicted octanol–water partition coefficient (Wildman–Crippen LogP) is 2.05. The van der Waals surface area contributed by atoms with Crippen LogP contribution in [0, 0.1) is 0 Å². The molecule has 0 saturated heterocycles. The lowest BCUT2D eigenvalue weighted by Crippen LogP contribution is -2.24. The van der Waals surface area contributed by atoms with Gasteiger partial charge >= 0.3 is 5.97 Å². The van der Waals surface area contributed by atoms with Crippen molar-refractivity contribution in [2.75, 3.05) is 13.7 Å². The van der Waals surface area contributed by atoms with E-state index in [1.807, 2.05) is 12.1 Å². The Kier molecular flexibility index (Phi) is 6.15. The maximum atomic E-state index is 10.5. The Labute approximate surface area is 113 Å². The average Bonchev–Trinajstić information content (AvgIpc) is 2.42. The molecule has 19 heavy (non-hydrogen) atoms. The van der Waals surface area contributed by atoms with Crippen molar-refractivity contribution in [2.24, 2.45) is 0 Å². The fourth-order valence-corrected chi connectivity index (χ4v) is 1.52. The van der Waals surface area contributed by atoms with Crippen molar-refractivity contribution in [1.29, 1.82) is 0 Å². The summed E-state index contributed by atoms with van der Waals surface area (Å²) >= 11 is 0. The van der Waals surface area contributed by atoms with Crippen LogP contribution < -0.4 is 14.8 Å². The highest BCUT2D eigenvalue weighted by Gasteiger charge is 2.08. The highest BCUT2D eigenvalue weighted by molar-refractivity contribution is 5.68. The smallest absolute Gasteiger partial charge is 0.341 e. The number of methoxy groups -OCH3 is 1. The number of benzene rings is 1. The van der Waals surface area contributed by atoms with Gasteiger partial charge in [-0.3, -0.25) is 0 Å². The van der Waals surface area contributed by atoms with Gasteiger partial charge in [-0.2, -0.15) is 0 Å². The number of ether oxygens (including phenoxy) is 2. The van der Waals surface area contributed by atoms with Crippen molar-refractivity contribution in [3.8, 4) is 11.5 Å². The predicted molar refractivity (Wildman–Crippen MR) is 72.7 cm³/mol. The van der Waals surface area contributed by atoms with E-state index in [0.717, 1.165) is 18.5 Å². The highest BCUT2D eigenvalue weighted by Crippen LogP contribution is 2.28. The lowest BCUT2D eigenvalue weighted by molar-refractivity contribution is -0.139. The van der Waals surface area contributed by atoms with Gasteiger partial charge in [0.2, 0.25) is 0 Å². The lowest BCUT2D eigenvalue weighted by Gasteiger charge is -2.14. The van der Waals surface area contributed by atoms with Gasteiger partial charge in [0.05, 0.1) is 7.11 Å². The molecule has 0 fully saturated rings. The normalized spacial score (nSPS) is 11.9. The van der Waals surface area contributed by atoms with Crippen LogP contribution in [0.3, 0.4) is 0 Å². The first-order valence-electron chi connectivity index (χ1n) is 6.31. The molecule has 0 bridgehead atoms. The molecular weight excluding hydrogens is 246 g/mol. The molecule has 0 heterocycles. The monoisotopic (exact) mass is 267 g/mol. The van der Waals surface area contributed by atoms with Gasteiger partial charge in [-0.05, 0) is 31.0 Å². The van der Waals surface area contributed by atoms with Crippen molar-refractivity contribution >= 4 is 5.97 Å². The standard InChI is InChI=1S/C14H21NO4/c1-4-10(2)15-8-11-5-6-12(13(7-11)18-3)19-9-14(16)17/h5-7,10,15H,4,8-9H2,1-3H3,(H,16,17). The van der Waals surface area contributed by atoms with E-state index in [4.69, 9.17) is 14.6 Å². The third-order valence-corrected chi connectivity index (χ3v) is 2.85. The molecule has 0 aliphatic carbocycles. The van der Waals surface area contributed by atoms with Gasteiger partial charge in [-0.15, -0.1) is 0 Å². The number of carboxylic acids is 1. The Morgan fingerprint density at radius 3 is 2.74 bits per heavy atom. The Morgan fingerprint density at radius 1 is 1.42 bits per heavy atom. The van der Waals surface area contributed by atoms with Crippen molar-refractivity contribution in [1.82, 2.24) is 5.32 Å². The molecule has 2 N–H and O–H groups in total. The Bertz CT molecular complexity index is 420. The number of rotatable bonds is 8. The summed E-state index contributed by atoms with van der Waals surface area (Å²) < 4.78 is 10.4. The molecule has 1 unspecified atom stereocenters. The largest absolute Gasteiger partial charge is 0.493 e. The van der Waals surface area contributed by atoms with Gasteiger partial charge < -0.3 is 19.9 Å². The van der Waals surface area contributed by atoms with Gasteiger partial charge in [-0.25, -0.2) is 4.79 Å². The van der Waals surface area contributed by atoms with Crippen LogP contribution in [0.4, 0.5) is 0 Å². The van der Waals surface area contributed by atoms with E-state index in [1.54, 1.807) is 6.07 Å². The van der Waals surface area contributed by atoms with E-state index in [0.29, 0.717) is 17.5 Å². The second kappa shape index (κ2) is 7.63. The minimum atomic E-state index is -1.01. The van der Waals surface area contributed by atoms with Gasteiger partial charge in [-0.1, -0.05) is 13.0 Å². The van der Waals surface area contributed by atoms with E-state index in [2.05, 4.69) is 19.2 Å².